The summed E-state index contributed by atoms with van der Waals surface area (Å²) in [5.74, 6) is -2.93. The van der Waals surface area contributed by atoms with Gasteiger partial charge in [-0.3, -0.25) is 4.99 Å². The molecule has 1 aromatic rings. The number of aryl methyl sites for hydroxylation is 1. The van der Waals surface area contributed by atoms with Crippen LogP contribution in [0, 0.1) is 18.3 Å². The number of benzene rings is 1. The molecule has 1 aliphatic rings. The van der Waals surface area contributed by atoms with Crippen molar-refractivity contribution in [1.82, 2.24) is 0 Å². The van der Waals surface area contributed by atoms with E-state index in [1.165, 1.54) is 18.7 Å². The van der Waals surface area contributed by atoms with Gasteiger partial charge in [-0.05, 0) is 70.4 Å². The molecule has 0 aromatic heterocycles. The van der Waals surface area contributed by atoms with Crippen molar-refractivity contribution in [3.05, 3.63) is 89.2 Å². The van der Waals surface area contributed by atoms with Gasteiger partial charge in [0.1, 0.15) is 6.07 Å². The van der Waals surface area contributed by atoms with Crippen molar-refractivity contribution in [3.8, 4) is 6.07 Å². The number of nitriles is 1. The first-order valence-electron chi connectivity index (χ1n) is 11.7. The van der Waals surface area contributed by atoms with Gasteiger partial charge in [0.05, 0.1) is 11.3 Å². The summed E-state index contributed by atoms with van der Waals surface area (Å²) in [5, 5.41) is 9.61. The van der Waals surface area contributed by atoms with Gasteiger partial charge in [-0.15, -0.1) is 0 Å². The van der Waals surface area contributed by atoms with Gasteiger partial charge in [-0.25, -0.2) is 8.78 Å². The first-order valence-corrected chi connectivity index (χ1v) is 11.7. The molecule has 0 unspecified atom stereocenters. The summed E-state index contributed by atoms with van der Waals surface area (Å²) < 4.78 is 26.8. The van der Waals surface area contributed by atoms with E-state index in [0.717, 1.165) is 48.0 Å². The average Bonchev–Trinajstić information content (AvgIpc) is 2.84. The summed E-state index contributed by atoms with van der Waals surface area (Å²) in [6.07, 6.45) is 8.75. The summed E-state index contributed by atoms with van der Waals surface area (Å²) in [4.78, 5) is 6.79. The molecule has 1 aromatic carbocycles. The van der Waals surface area contributed by atoms with Gasteiger partial charge in [-0.2, -0.15) is 5.26 Å². The minimum Gasteiger partial charge on any atom is -0.366 e. The number of nitrogens with zero attached hydrogens (tertiary/aromatic N) is 3. The van der Waals surface area contributed by atoms with Crippen LogP contribution in [0.15, 0.2) is 83.1 Å². The van der Waals surface area contributed by atoms with E-state index in [2.05, 4.69) is 41.8 Å². The Hall–Kier alpha value is -3.30. The monoisotopic (exact) mass is 480 g/mol. The second-order valence-corrected chi connectivity index (χ2v) is 8.43. The Morgan fingerprint density at radius 2 is 1.94 bits per heavy atom. The number of rotatable bonds is 9. The van der Waals surface area contributed by atoms with Gasteiger partial charge in [-0.1, -0.05) is 48.6 Å². The Morgan fingerprint density at radius 3 is 2.51 bits per heavy atom. The Balaban J connectivity index is 0.00000298. The van der Waals surface area contributed by atoms with Crippen LogP contribution in [0.3, 0.4) is 0 Å². The normalized spacial score (nSPS) is 15.0. The molecule has 0 spiro atoms. The molecule has 0 amide bonds. The summed E-state index contributed by atoms with van der Waals surface area (Å²) >= 11 is 0. The lowest BCUT2D eigenvalue weighted by Crippen LogP contribution is -2.34. The van der Waals surface area contributed by atoms with Crippen molar-refractivity contribution < 1.29 is 8.78 Å². The smallest absolute Gasteiger partial charge is 0.269 e. The third-order valence-electron chi connectivity index (χ3n) is 5.91. The first kappa shape index (κ1) is 29.7. The van der Waals surface area contributed by atoms with Crippen LogP contribution in [0.25, 0.3) is 0 Å². The third kappa shape index (κ3) is 8.77. The number of anilines is 1. The summed E-state index contributed by atoms with van der Waals surface area (Å²) in [6, 6.07) is 8.27. The minimum absolute atomic E-state index is 0.213. The SMILES string of the molecule is C=CN=C(CCC(/C=C\C(=C)C(C)(F)F)=C/C)C1=C(C)CCN(c2ccc(C)cc2C#N)C1.CN. The van der Waals surface area contributed by atoms with E-state index in [0.29, 0.717) is 24.9 Å². The predicted octanol–water partition coefficient (Wildman–Crippen LogP) is 7.05. The molecule has 0 radical (unpaired) electrons. The molecule has 0 fully saturated rings. The fourth-order valence-electron chi connectivity index (χ4n) is 3.76. The van der Waals surface area contributed by atoms with Crippen LogP contribution in [0.5, 0.6) is 0 Å². The van der Waals surface area contributed by atoms with E-state index < -0.39 is 5.92 Å². The second-order valence-electron chi connectivity index (χ2n) is 8.43. The largest absolute Gasteiger partial charge is 0.366 e. The zero-order valence-corrected chi connectivity index (χ0v) is 21.7. The molecule has 0 atom stereocenters. The van der Waals surface area contributed by atoms with Crippen molar-refractivity contribution in [2.24, 2.45) is 10.7 Å². The second kappa shape index (κ2) is 14.2. The molecule has 4 nitrogen and oxygen atoms in total. The highest BCUT2D eigenvalue weighted by Gasteiger charge is 2.24. The molecular formula is C29H38F2N4. The van der Waals surface area contributed by atoms with Crippen LogP contribution >= 0.6 is 0 Å². The summed E-state index contributed by atoms with van der Waals surface area (Å²) in [7, 11) is 1.50. The van der Waals surface area contributed by atoms with Gasteiger partial charge in [0.15, 0.2) is 0 Å². The van der Waals surface area contributed by atoms with Crippen LogP contribution in [-0.4, -0.2) is 31.8 Å². The van der Waals surface area contributed by atoms with Gasteiger partial charge in [0, 0.05) is 37.5 Å². The molecule has 188 valence electrons. The molecule has 2 rings (SSSR count). The number of aliphatic imine (C=N–C) groups is 1. The Labute approximate surface area is 209 Å². The third-order valence-corrected chi connectivity index (χ3v) is 5.91. The fraction of sp³-hybridized carbons (Fsp3) is 0.379. The number of allylic oxidation sites excluding steroid dienone is 5. The highest BCUT2D eigenvalue weighted by Crippen LogP contribution is 2.29. The molecule has 6 heteroatoms. The Bertz CT molecular complexity index is 1060. The zero-order valence-electron chi connectivity index (χ0n) is 21.7. The van der Waals surface area contributed by atoms with Crippen LogP contribution in [0.4, 0.5) is 14.5 Å². The minimum atomic E-state index is -2.93. The van der Waals surface area contributed by atoms with Crippen LogP contribution in [0.2, 0.25) is 0 Å². The van der Waals surface area contributed by atoms with E-state index in [1.54, 1.807) is 12.3 Å². The molecule has 0 bridgehead atoms. The molecule has 0 aliphatic carbocycles. The number of halogens is 2. The summed E-state index contributed by atoms with van der Waals surface area (Å²) in [5.41, 5.74) is 11.2. The Morgan fingerprint density at radius 1 is 1.26 bits per heavy atom. The lowest BCUT2D eigenvalue weighted by Gasteiger charge is -2.33. The van der Waals surface area contributed by atoms with Crippen LogP contribution in [-0.2, 0) is 0 Å². The number of alkyl halides is 2. The van der Waals surface area contributed by atoms with Crippen molar-refractivity contribution in [2.75, 3.05) is 25.0 Å². The number of hydrogen-bond donors (Lipinski definition) is 1. The van der Waals surface area contributed by atoms with Gasteiger partial charge in [0.2, 0.25) is 0 Å². The van der Waals surface area contributed by atoms with Crippen LogP contribution < -0.4 is 10.6 Å². The number of hydrogen-bond acceptors (Lipinski definition) is 4. The van der Waals surface area contributed by atoms with Crippen LogP contribution in [0.1, 0.15) is 51.2 Å². The topological polar surface area (TPSA) is 65.4 Å². The quantitative estimate of drug-likeness (QED) is 0.304. The molecule has 1 heterocycles. The lowest BCUT2D eigenvalue weighted by atomic mass is 9.92. The van der Waals surface area contributed by atoms with Gasteiger partial charge in [0.25, 0.3) is 5.92 Å². The molecule has 35 heavy (non-hydrogen) atoms. The molecule has 0 saturated carbocycles. The fourth-order valence-corrected chi connectivity index (χ4v) is 3.76. The van der Waals surface area contributed by atoms with Crippen molar-refractivity contribution in [3.63, 3.8) is 0 Å². The zero-order chi connectivity index (χ0) is 26.6. The molecular weight excluding hydrogens is 442 g/mol. The van der Waals surface area contributed by atoms with Gasteiger partial charge < -0.3 is 10.6 Å². The molecule has 0 saturated heterocycles. The highest BCUT2D eigenvalue weighted by atomic mass is 19.3. The van der Waals surface area contributed by atoms with E-state index in [9.17, 15) is 14.0 Å². The predicted molar refractivity (Wildman–Crippen MR) is 145 cm³/mol. The van der Waals surface area contributed by atoms with Crippen molar-refractivity contribution in [1.29, 1.82) is 5.26 Å². The maximum atomic E-state index is 13.4. The average molecular weight is 481 g/mol. The lowest BCUT2D eigenvalue weighted by molar-refractivity contribution is 0.0680. The summed E-state index contributed by atoms with van der Waals surface area (Å²) in [6.45, 7) is 15.6. The van der Waals surface area contributed by atoms with Crippen molar-refractivity contribution in [2.45, 2.75) is 52.9 Å². The standard InChI is InChI=1S/C28H33F2N3.CH5N/c1-7-23(11-10-22(5)28(6,29)30)12-13-26(32-8-2)25-19-33(16-15-21(25)4)27-14-9-20(3)17-24(27)18-31;1-2/h7-11,14,17H,2,5,12-13,15-16,19H2,1,3-4,6H3;2H2,1H3/b11-10-,23-7+,32-26?;. The van der Waals surface area contributed by atoms with E-state index in [1.807, 2.05) is 38.1 Å². The van der Waals surface area contributed by atoms with E-state index in [-0.39, 0.29) is 5.57 Å². The molecule has 1 aliphatic heterocycles. The molecule has 2 N–H and O–H groups in total. The van der Waals surface area contributed by atoms with E-state index >= 15 is 0 Å². The maximum absolute atomic E-state index is 13.4. The Kier molecular flexibility index (Phi) is 12.0. The van der Waals surface area contributed by atoms with Gasteiger partial charge >= 0.3 is 0 Å². The highest BCUT2D eigenvalue weighted by molar-refractivity contribution is 6.02. The number of nitrogens with two attached hydrogens (primary N) is 1. The van der Waals surface area contributed by atoms with Crippen molar-refractivity contribution >= 4 is 11.4 Å². The van der Waals surface area contributed by atoms with E-state index in [4.69, 9.17) is 0 Å². The first-order chi connectivity index (χ1) is 16.6. The maximum Gasteiger partial charge on any atom is 0.269 e.